The molecule has 0 amide bonds. The van der Waals surface area contributed by atoms with Gasteiger partial charge in [0.25, 0.3) is 0 Å². The van der Waals surface area contributed by atoms with Crippen molar-refractivity contribution < 1.29 is 0 Å². The minimum atomic E-state index is 0.924. The van der Waals surface area contributed by atoms with Crippen LogP contribution >= 0.6 is 34.0 Å². The third-order valence-corrected chi connectivity index (χ3v) is 5.60. The van der Waals surface area contributed by atoms with Crippen LogP contribution in [0.3, 0.4) is 0 Å². The lowest BCUT2D eigenvalue weighted by molar-refractivity contribution is 1.55. The molecule has 0 atom stereocenters. The molecule has 0 N–H and O–H groups in total. The number of rotatable bonds is 0. The second-order valence-corrected chi connectivity index (χ2v) is 7.93. The molecule has 4 aromatic rings. The topological polar surface area (TPSA) is 0 Å². The number of hydrogen-bond donors (Lipinski definition) is 0. The Labute approximate surface area is 171 Å². The van der Waals surface area contributed by atoms with Crippen LogP contribution in [0, 0.1) is 35.5 Å². The first-order valence-corrected chi connectivity index (χ1v) is 11.0. The summed E-state index contributed by atoms with van der Waals surface area (Å²) in [5.74, 6) is 19.3. The van der Waals surface area contributed by atoms with Gasteiger partial charge < -0.3 is 0 Å². The molecule has 126 valence electrons. The van der Waals surface area contributed by atoms with Gasteiger partial charge in [-0.25, -0.2) is 0 Å². The molecule has 0 nitrogen and oxygen atoms in total. The number of benzene rings is 1. The molecule has 0 radical (unpaired) electrons. The lowest BCUT2D eigenvalue weighted by atomic mass is 10.1. The zero-order chi connectivity index (χ0) is 18.3. The van der Waals surface area contributed by atoms with E-state index in [9.17, 15) is 0 Å². The number of hydrogen-bond acceptors (Lipinski definition) is 3. The van der Waals surface area contributed by atoms with E-state index in [0.717, 1.165) is 33.4 Å². The highest BCUT2D eigenvalue weighted by molar-refractivity contribution is 7.08. The third-order valence-electron chi connectivity index (χ3n) is 3.55. The van der Waals surface area contributed by atoms with Gasteiger partial charge in [-0.1, -0.05) is 35.5 Å². The fourth-order valence-corrected chi connectivity index (χ4v) is 4.05. The summed E-state index contributed by atoms with van der Waals surface area (Å²) in [6.45, 7) is 0. The van der Waals surface area contributed by atoms with Gasteiger partial charge in [-0.3, -0.25) is 0 Å². The summed E-state index contributed by atoms with van der Waals surface area (Å²) in [7, 11) is 0. The van der Waals surface area contributed by atoms with Crippen LogP contribution in [0.4, 0.5) is 0 Å². The van der Waals surface area contributed by atoms with Crippen LogP contribution in [0.2, 0.25) is 0 Å². The highest BCUT2D eigenvalue weighted by Crippen LogP contribution is 2.12. The molecule has 0 saturated carbocycles. The molecule has 3 heteroatoms. The SMILES string of the molecule is C(#Cc1cc(C#Cc2ccsc2)cc(C#Cc2ccsc2)c1)c1ccsc1. The summed E-state index contributed by atoms with van der Waals surface area (Å²) in [5, 5.41) is 12.2. The highest BCUT2D eigenvalue weighted by Gasteiger charge is 1.97. The van der Waals surface area contributed by atoms with E-state index in [1.54, 1.807) is 34.0 Å². The second-order valence-electron chi connectivity index (χ2n) is 5.59. The van der Waals surface area contributed by atoms with E-state index in [1.807, 2.05) is 68.7 Å². The molecule has 0 spiro atoms. The van der Waals surface area contributed by atoms with E-state index in [0.29, 0.717) is 0 Å². The Hall–Kier alpha value is -3.00. The zero-order valence-corrected chi connectivity index (χ0v) is 16.6. The van der Waals surface area contributed by atoms with Crippen LogP contribution in [-0.2, 0) is 0 Å². The van der Waals surface area contributed by atoms with Gasteiger partial charge in [-0.2, -0.15) is 34.0 Å². The van der Waals surface area contributed by atoms with E-state index < -0.39 is 0 Å². The smallest absolute Gasteiger partial charge is 0.0356 e. The Morgan fingerprint density at radius 1 is 0.407 bits per heavy atom. The van der Waals surface area contributed by atoms with Crippen molar-refractivity contribution in [3.63, 3.8) is 0 Å². The minimum Gasteiger partial charge on any atom is -0.151 e. The molecule has 0 saturated heterocycles. The first-order chi connectivity index (χ1) is 13.3. The fourth-order valence-electron chi connectivity index (χ4n) is 2.28. The van der Waals surface area contributed by atoms with Gasteiger partial charge in [-0.15, -0.1) is 0 Å². The molecule has 0 aliphatic rings. The Morgan fingerprint density at radius 2 is 0.704 bits per heavy atom. The summed E-state index contributed by atoms with van der Waals surface area (Å²) in [5.41, 5.74) is 5.86. The van der Waals surface area contributed by atoms with Crippen LogP contribution in [0.15, 0.2) is 68.7 Å². The van der Waals surface area contributed by atoms with E-state index in [1.165, 1.54) is 0 Å². The van der Waals surface area contributed by atoms with Crippen LogP contribution < -0.4 is 0 Å². The average molecular weight is 397 g/mol. The Balaban J connectivity index is 1.71. The maximum atomic E-state index is 3.24. The molecular weight excluding hydrogens is 384 g/mol. The van der Waals surface area contributed by atoms with Gasteiger partial charge in [0.05, 0.1) is 0 Å². The van der Waals surface area contributed by atoms with Crippen molar-refractivity contribution in [1.82, 2.24) is 0 Å². The van der Waals surface area contributed by atoms with Crippen LogP contribution in [0.5, 0.6) is 0 Å². The van der Waals surface area contributed by atoms with Gasteiger partial charge in [-0.05, 0) is 52.5 Å². The molecule has 0 aliphatic carbocycles. The predicted octanol–water partition coefficient (Wildman–Crippen LogP) is 6.07. The van der Waals surface area contributed by atoms with E-state index in [-0.39, 0.29) is 0 Å². The van der Waals surface area contributed by atoms with Crippen molar-refractivity contribution in [3.8, 4) is 35.5 Å². The Morgan fingerprint density at radius 3 is 0.963 bits per heavy atom. The fraction of sp³-hybridized carbons (Fsp3) is 0. The maximum absolute atomic E-state index is 3.24. The van der Waals surface area contributed by atoms with Gasteiger partial charge >= 0.3 is 0 Å². The standard InChI is InChI=1S/C24H12S3/c1(19-7-10-25-16-19)4-22-13-23(5-2-20-8-11-26-17-20)15-24(14-22)6-3-21-9-12-27-18-21/h7-18H. The van der Waals surface area contributed by atoms with Crippen molar-refractivity contribution in [2.24, 2.45) is 0 Å². The quantitative estimate of drug-likeness (QED) is 0.316. The molecule has 0 fully saturated rings. The molecule has 0 aliphatic heterocycles. The Bertz CT molecular complexity index is 1040. The lowest BCUT2D eigenvalue weighted by Crippen LogP contribution is -1.85. The molecule has 0 unspecified atom stereocenters. The van der Waals surface area contributed by atoms with Gasteiger partial charge in [0.2, 0.25) is 0 Å². The summed E-state index contributed by atoms with van der Waals surface area (Å²) < 4.78 is 0. The third kappa shape index (κ3) is 5.01. The van der Waals surface area contributed by atoms with Gasteiger partial charge in [0.1, 0.15) is 0 Å². The first kappa shape index (κ1) is 17.4. The first-order valence-electron chi connectivity index (χ1n) is 8.13. The van der Waals surface area contributed by atoms with Crippen LogP contribution in [-0.4, -0.2) is 0 Å². The maximum Gasteiger partial charge on any atom is 0.0356 e. The zero-order valence-electron chi connectivity index (χ0n) is 14.2. The van der Waals surface area contributed by atoms with Crippen molar-refractivity contribution in [2.45, 2.75) is 0 Å². The van der Waals surface area contributed by atoms with Crippen LogP contribution in [0.25, 0.3) is 0 Å². The van der Waals surface area contributed by atoms with E-state index in [4.69, 9.17) is 0 Å². The van der Waals surface area contributed by atoms with Crippen molar-refractivity contribution in [2.75, 3.05) is 0 Å². The summed E-state index contributed by atoms with van der Waals surface area (Å²) >= 11 is 4.95. The predicted molar refractivity (Wildman–Crippen MR) is 117 cm³/mol. The summed E-state index contributed by atoms with van der Waals surface area (Å²) in [6.07, 6.45) is 0. The molecule has 1 aromatic carbocycles. The molecule has 3 heterocycles. The second kappa shape index (κ2) is 8.59. The molecule has 27 heavy (non-hydrogen) atoms. The van der Waals surface area contributed by atoms with E-state index >= 15 is 0 Å². The Kier molecular flexibility index (Phi) is 5.54. The van der Waals surface area contributed by atoms with Crippen molar-refractivity contribution in [3.05, 3.63) is 102 Å². The average Bonchev–Trinajstić information content (AvgIpc) is 3.46. The lowest BCUT2D eigenvalue weighted by Gasteiger charge is -1.97. The monoisotopic (exact) mass is 396 g/mol. The minimum absolute atomic E-state index is 0.924. The molecule has 3 aromatic heterocycles. The van der Waals surface area contributed by atoms with Crippen molar-refractivity contribution >= 4 is 34.0 Å². The molecular formula is C24H12S3. The molecule has 0 bridgehead atoms. The normalized spacial score (nSPS) is 9.33. The number of thiophene rings is 3. The summed E-state index contributed by atoms with van der Waals surface area (Å²) in [4.78, 5) is 0. The van der Waals surface area contributed by atoms with Crippen molar-refractivity contribution in [1.29, 1.82) is 0 Å². The largest absolute Gasteiger partial charge is 0.151 e. The molecule has 4 rings (SSSR count). The van der Waals surface area contributed by atoms with E-state index in [2.05, 4.69) is 35.5 Å². The van der Waals surface area contributed by atoms with Gasteiger partial charge in [0.15, 0.2) is 0 Å². The van der Waals surface area contributed by atoms with Crippen LogP contribution in [0.1, 0.15) is 33.4 Å². The summed E-state index contributed by atoms with van der Waals surface area (Å²) in [6, 6.07) is 12.1. The van der Waals surface area contributed by atoms with Gasteiger partial charge in [0, 0.05) is 49.5 Å². The highest BCUT2D eigenvalue weighted by atomic mass is 32.1.